The lowest BCUT2D eigenvalue weighted by atomic mass is 10.3. The van der Waals surface area contributed by atoms with Gasteiger partial charge in [0.15, 0.2) is 5.65 Å². The molecular formula is C14H14N6. The quantitative estimate of drug-likeness (QED) is 0.759. The summed E-state index contributed by atoms with van der Waals surface area (Å²) in [6, 6.07) is 14.3. The molecule has 100 valence electrons. The number of para-hydroxylation sites is 1. The molecular weight excluding hydrogens is 252 g/mol. The van der Waals surface area contributed by atoms with Gasteiger partial charge in [-0.3, -0.25) is 0 Å². The third kappa shape index (κ3) is 2.16. The molecule has 1 aliphatic rings. The standard InChI is InChI=1S/C14H14N6/c1-2-4-10(5-3-1)16-14-18-17-13-9-8-12(19-20(13)14)15-11-6-7-11/h1-5,8-9,11H,6-7H2,(H,15,19)(H,16,18). The number of nitrogens with zero attached hydrogens (tertiary/aromatic N) is 4. The van der Waals surface area contributed by atoms with Gasteiger partial charge >= 0.3 is 0 Å². The van der Waals surface area contributed by atoms with Crippen LogP contribution in [0.25, 0.3) is 5.65 Å². The van der Waals surface area contributed by atoms with Crippen LogP contribution in [-0.4, -0.2) is 25.9 Å². The highest BCUT2D eigenvalue weighted by molar-refractivity contribution is 5.56. The SMILES string of the molecule is c1ccc(Nc2nnc3ccc(NC4CC4)nn23)cc1. The minimum absolute atomic E-state index is 0.571. The minimum atomic E-state index is 0.571. The molecule has 0 radical (unpaired) electrons. The Hall–Kier alpha value is -2.63. The summed E-state index contributed by atoms with van der Waals surface area (Å²) in [5, 5.41) is 19.4. The van der Waals surface area contributed by atoms with Gasteiger partial charge in [-0.25, -0.2) is 0 Å². The Kier molecular flexibility index (Phi) is 2.51. The van der Waals surface area contributed by atoms with E-state index in [0.717, 1.165) is 17.2 Å². The maximum absolute atomic E-state index is 4.53. The highest BCUT2D eigenvalue weighted by Crippen LogP contribution is 2.24. The van der Waals surface area contributed by atoms with Crippen molar-refractivity contribution in [1.29, 1.82) is 0 Å². The van der Waals surface area contributed by atoms with Gasteiger partial charge in [-0.2, -0.15) is 4.52 Å². The van der Waals surface area contributed by atoms with Crippen molar-refractivity contribution in [3.05, 3.63) is 42.5 Å². The molecule has 0 saturated heterocycles. The van der Waals surface area contributed by atoms with E-state index >= 15 is 0 Å². The molecule has 1 aliphatic carbocycles. The van der Waals surface area contributed by atoms with Crippen LogP contribution in [0.3, 0.4) is 0 Å². The first-order valence-corrected chi connectivity index (χ1v) is 6.69. The van der Waals surface area contributed by atoms with Crippen molar-refractivity contribution in [2.24, 2.45) is 0 Å². The zero-order chi connectivity index (χ0) is 13.4. The van der Waals surface area contributed by atoms with Crippen LogP contribution in [0.1, 0.15) is 12.8 Å². The maximum Gasteiger partial charge on any atom is 0.250 e. The number of benzene rings is 1. The molecule has 6 nitrogen and oxygen atoms in total. The summed E-state index contributed by atoms with van der Waals surface area (Å²) in [7, 11) is 0. The van der Waals surface area contributed by atoms with Gasteiger partial charge in [0.1, 0.15) is 5.82 Å². The van der Waals surface area contributed by atoms with Gasteiger partial charge in [-0.1, -0.05) is 18.2 Å². The fraction of sp³-hybridized carbons (Fsp3) is 0.214. The number of aromatic nitrogens is 4. The number of nitrogens with one attached hydrogen (secondary N) is 2. The molecule has 0 bridgehead atoms. The number of fused-ring (bicyclic) bond motifs is 1. The largest absolute Gasteiger partial charge is 0.366 e. The van der Waals surface area contributed by atoms with Crippen LogP contribution < -0.4 is 10.6 Å². The molecule has 0 atom stereocenters. The molecule has 1 aromatic carbocycles. The molecule has 2 heterocycles. The van der Waals surface area contributed by atoms with Crippen molar-refractivity contribution >= 4 is 23.1 Å². The Bertz CT molecular complexity index is 732. The molecule has 2 aromatic heterocycles. The average Bonchev–Trinajstić information content (AvgIpc) is 3.21. The van der Waals surface area contributed by atoms with Crippen LogP contribution in [-0.2, 0) is 0 Å². The number of rotatable bonds is 4. The lowest BCUT2D eigenvalue weighted by Gasteiger charge is -2.06. The van der Waals surface area contributed by atoms with Crippen LogP contribution in [0.4, 0.5) is 17.5 Å². The monoisotopic (exact) mass is 266 g/mol. The van der Waals surface area contributed by atoms with Crippen molar-refractivity contribution in [1.82, 2.24) is 19.8 Å². The smallest absolute Gasteiger partial charge is 0.250 e. The summed E-state index contributed by atoms with van der Waals surface area (Å²) in [4.78, 5) is 0. The maximum atomic E-state index is 4.53. The molecule has 0 amide bonds. The topological polar surface area (TPSA) is 67.1 Å². The molecule has 1 saturated carbocycles. The molecule has 3 aromatic rings. The Morgan fingerprint density at radius 1 is 1.00 bits per heavy atom. The van der Waals surface area contributed by atoms with E-state index < -0.39 is 0 Å². The summed E-state index contributed by atoms with van der Waals surface area (Å²) in [5.74, 6) is 1.47. The molecule has 2 N–H and O–H groups in total. The van der Waals surface area contributed by atoms with Gasteiger partial charge in [-0.05, 0) is 37.1 Å². The van der Waals surface area contributed by atoms with Gasteiger partial charge < -0.3 is 10.6 Å². The first kappa shape index (κ1) is 11.2. The second-order valence-electron chi connectivity index (χ2n) is 4.92. The van der Waals surface area contributed by atoms with Crippen LogP contribution in [0.5, 0.6) is 0 Å². The van der Waals surface area contributed by atoms with Crippen molar-refractivity contribution in [3.8, 4) is 0 Å². The van der Waals surface area contributed by atoms with Crippen molar-refractivity contribution < 1.29 is 0 Å². The molecule has 0 aliphatic heterocycles. The summed E-state index contributed by atoms with van der Waals surface area (Å²) in [5.41, 5.74) is 1.69. The zero-order valence-electron chi connectivity index (χ0n) is 10.8. The van der Waals surface area contributed by atoms with Crippen molar-refractivity contribution in [2.75, 3.05) is 10.6 Å². The zero-order valence-corrected chi connectivity index (χ0v) is 10.8. The molecule has 0 unspecified atom stereocenters. The van der Waals surface area contributed by atoms with E-state index in [1.165, 1.54) is 12.8 Å². The Morgan fingerprint density at radius 3 is 2.65 bits per heavy atom. The Morgan fingerprint density at radius 2 is 1.85 bits per heavy atom. The van der Waals surface area contributed by atoms with E-state index in [4.69, 9.17) is 0 Å². The van der Waals surface area contributed by atoms with E-state index in [0.29, 0.717) is 12.0 Å². The van der Waals surface area contributed by atoms with E-state index in [9.17, 15) is 0 Å². The van der Waals surface area contributed by atoms with Gasteiger partial charge in [-0.15, -0.1) is 15.3 Å². The molecule has 4 rings (SSSR count). The summed E-state index contributed by atoms with van der Waals surface area (Å²) in [6.45, 7) is 0. The molecule has 20 heavy (non-hydrogen) atoms. The van der Waals surface area contributed by atoms with Gasteiger partial charge in [0.25, 0.3) is 5.95 Å². The van der Waals surface area contributed by atoms with Gasteiger partial charge in [0.2, 0.25) is 0 Å². The summed E-state index contributed by atoms with van der Waals surface area (Å²) >= 11 is 0. The molecule has 1 fully saturated rings. The fourth-order valence-corrected chi connectivity index (χ4v) is 2.03. The third-order valence-electron chi connectivity index (χ3n) is 3.22. The van der Waals surface area contributed by atoms with Crippen molar-refractivity contribution in [3.63, 3.8) is 0 Å². The third-order valence-corrected chi connectivity index (χ3v) is 3.22. The normalized spacial score (nSPS) is 14.4. The number of hydrogen-bond donors (Lipinski definition) is 2. The molecule has 0 spiro atoms. The van der Waals surface area contributed by atoms with E-state index in [-0.39, 0.29) is 0 Å². The first-order chi connectivity index (χ1) is 9.88. The van der Waals surface area contributed by atoms with E-state index in [1.807, 2.05) is 42.5 Å². The summed E-state index contributed by atoms with van der Waals surface area (Å²) in [6.07, 6.45) is 2.44. The predicted molar refractivity (Wildman–Crippen MR) is 77.2 cm³/mol. The highest BCUT2D eigenvalue weighted by atomic mass is 15.4. The summed E-state index contributed by atoms with van der Waals surface area (Å²) < 4.78 is 1.72. The van der Waals surface area contributed by atoms with Crippen LogP contribution in [0, 0.1) is 0 Å². The second kappa shape index (κ2) is 4.48. The van der Waals surface area contributed by atoms with Crippen LogP contribution >= 0.6 is 0 Å². The number of anilines is 3. The van der Waals surface area contributed by atoms with E-state index in [2.05, 4.69) is 25.9 Å². The minimum Gasteiger partial charge on any atom is -0.366 e. The van der Waals surface area contributed by atoms with Gasteiger partial charge in [0, 0.05) is 11.7 Å². The Balaban J connectivity index is 1.67. The van der Waals surface area contributed by atoms with E-state index in [1.54, 1.807) is 4.52 Å². The highest BCUT2D eigenvalue weighted by Gasteiger charge is 2.21. The average molecular weight is 266 g/mol. The van der Waals surface area contributed by atoms with Crippen LogP contribution in [0.2, 0.25) is 0 Å². The molecule has 6 heteroatoms. The predicted octanol–water partition coefficient (Wildman–Crippen LogP) is 2.44. The Labute approximate surface area is 115 Å². The van der Waals surface area contributed by atoms with Crippen LogP contribution in [0.15, 0.2) is 42.5 Å². The van der Waals surface area contributed by atoms with Crippen molar-refractivity contribution in [2.45, 2.75) is 18.9 Å². The second-order valence-corrected chi connectivity index (χ2v) is 4.92. The first-order valence-electron chi connectivity index (χ1n) is 6.69. The van der Waals surface area contributed by atoms with Gasteiger partial charge in [0.05, 0.1) is 0 Å². The lowest BCUT2D eigenvalue weighted by Crippen LogP contribution is -2.07. The lowest BCUT2D eigenvalue weighted by molar-refractivity contribution is 0.924. The fourth-order valence-electron chi connectivity index (χ4n) is 2.03. The number of hydrogen-bond acceptors (Lipinski definition) is 5.